The summed E-state index contributed by atoms with van der Waals surface area (Å²) in [7, 11) is 0. The van der Waals surface area contributed by atoms with Crippen LogP contribution in [0.15, 0.2) is 54.4 Å². The van der Waals surface area contributed by atoms with E-state index < -0.39 is 5.82 Å². The second-order valence-electron chi connectivity index (χ2n) is 11.7. The van der Waals surface area contributed by atoms with Crippen LogP contribution in [0, 0.1) is 17.1 Å². The van der Waals surface area contributed by atoms with Crippen LogP contribution < -0.4 is 9.64 Å². The van der Waals surface area contributed by atoms with Crippen LogP contribution in [-0.2, 0) is 4.79 Å². The zero-order valence-corrected chi connectivity index (χ0v) is 24.8. The van der Waals surface area contributed by atoms with E-state index in [1.807, 2.05) is 40.6 Å². The minimum atomic E-state index is -0.416. The smallest absolute Gasteiger partial charge is 0.319 e. The highest BCUT2D eigenvalue weighted by atomic mass is 32.1. The molecule has 10 heteroatoms. The molecule has 5 heterocycles. The summed E-state index contributed by atoms with van der Waals surface area (Å²) in [6.45, 7) is 7.50. The van der Waals surface area contributed by atoms with Crippen molar-refractivity contribution >= 4 is 44.1 Å². The fourth-order valence-electron chi connectivity index (χ4n) is 7.26. The number of nitrogens with zero attached hydrogens (tertiary/aromatic N) is 6. The summed E-state index contributed by atoms with van der Waals surface area (Å²) in [5.74, 6) is -0.0630. The average molecular weight is 597 g/mol. The van der Waals surface area contributed by atoms with Crippen molar-refractivity contribution in [2.24, 2.45) is 0 Å². The van der Waals surface area contributed by atoms with E-state index in [2.05, 4.69) is 22.5 Å². The maximum Gasteiger partial charge on any atom is 0.319 e. The predicted molar refractivity (Wildman–Crippen MR) is 167 cm³/mol. The van der Waals surface area contributed by atoms with Crippen LogP contribution in [0.5, 0.6) is 6.01 Å². The number of piperazine rings is 1. The maximum atomic E-state index is 16.6. The van der Waals surface area contributed by atoms with Gasteiger partial charge in [0.2, 0.25) is 5.91 Å². The van der Waals surface area contributed by atoms with Crippen molar-refractivity contribution in [3.63, 3.8) is 0 Å². The van der Waals surface area contributed by atoms with Crippen molar-refractivity contribution in [2.45, 2.75) is 43.7 Å². The number of hydrogen-bond donors (Lipinski definition) is 0. The van der Waals surface area contributed by atoms with E-state index in [4.69, 9.17) is 9.72 Å². The number of amides is 1. The fourth-order valence-corrected chi connectivity index (χ4v) is 8.08. The molecule has 3 aliphatic rings. The number of carbonyl (C=O) groups is 1. The number of rotatable bonds is 7. The van der Waals surface area contributed by atoms with Crippen molar-refractivity contribution in [3.8, 4) is 23.2 Å². The first-order chi connectivity index (χ1) is 21.0. The number of thiophene rings is 1. The van der Waals surface area contributed by atoms with Gasteiger partial charge in [-0.3, -0.25) is 9.69 Å². The molecule has 0 spiro atoms. The lowest BCUT2D eigenvalue weighted by Crippen LogP contribution is -2.55. The molecule has 220 valence electrons. The summed E-state index contributed by atoms with van der Waals surface area (Å²) in [5, 5.41) is 13.1. The molecule has 2 aromatic heterocycles. The molecule has 3 fully saturated rings. The van der Waals surface area contributed by atoms with Gasteiger partial charge in [-0.2, -0.15) is 15.2 Å². The first kappa shape index (κ1) is 27.7. The van der Waals surface area contributed by atoms with Crippen LogP contribution >= 0.6 is 11.3 Å². The minimum absolute atomic E-state index is 0.0119. The Morgan fingerprint density at radius 2 is 1.95 bits per heavy atom. The molecule has 0 bridgehead atoms. The molecule has 1 amide bonds. The number of ether oxygens (including phenoxy) is 1. The number of halogens is 1. The summed E-state index contributed by atoms with van der Waals surface area (Å²) < 4.78 is 24.1. The van der Waals surface area contributed by atoms with Crippen LogP contribution in [0.4, 0.5) is 10.2 Å². The van der Waals surface area contributed by atoms with Gasteiger partial charge in [0.05, 0.1) is 24.1 Å². The van der Waals surface area contributed by atoms with Crippen molar-refractivity contribution in [2.75, 3.05) is 44.2 Å². The fraction of sp³-hybridized carbons (Fsp3) is 0.394. The molecule has 0 unspecified atom stereocenters. The Hall–Kier alpha value is -4.07. The Morgan fingerprint density at radius 1 is 1.12 bits per heavy atom. The Labute approximate surface area is 254 Å². The van der Waals surface area contributed by atoms with Gasteiger partial charge < -0.3 is 14.5 Å². The topological polar surface area (TPSA) is 85.6 Å². The molecule has 0 radical (unpaired) electrons. The van der Waals surface area contributed by atoms with Gasteiger partial charge >= 0.3 is 6.01 Å². The molecule has 0 aliphatic carbocycles. The van der Waals surface area contributed by atoms with Gasteiger partial charge in [0.15, 0.2) is 5.82 Å². The summed E-state index contributed by atoms with van der Waals surface area (Å²) >= 11 is 1.63. The molecule has 0 saturated carbocycles. The molecular weight excluding hydrogens is 563 g/mol. The van der Waals surface area contributed by atoms with Gasteiger partial charge in [0, 0.05) is 40.7 Å². The molecule has 0 N–H and O–H groups in total. The molecule has 43 heavy (non-hydrogen) atoms. The van der Waals surface area contributed by atoms with E-state index in [-0.39, 0.29) is 35.4 Å². The first-order valence-corrected chi connectivity index (χ1v) is 15.8. The van der Waals surface area contributed by atoms with Crippen LogP contribution in [0.1, 0.15) is 32.1 Å². The standard InChI is InChI=1S/C33H33FN6O2S/c1-2-28(41)40-18-17-38(20-22(40)10-14-35)31-26-9-8-25(23-6-3-7-27-24(23)11-19-43-27)29(34)30(26)36-32(37-31)42-21-33-12-4-15-39(33)16-5-13-33/h2-3,6-9,11,19,22H,1,4-5,10,12-13,15-18,20-21H2/t22-/m0/s1. The summed E-state index contributed by atoms with van der Waals surface area (Å²) in [5.41, 5.74) is 1.49. The highest BCUT2D eigenvalue weighted by molar-refractivity contribution is 7.17. The average Bonchev–Trinajstić information content (AvgIpc) is 3.76. The Morgan fingerprint density at radius 3 is 2.74 bits per heavy atom. The number of nitriles is 1. The Bertz CT molecular complexity index is 1760. The number of fused-ring (bicyclic) bond motifs is 3. The SMILES string of the molecule is C=CC(=O)N1CCN(c2nc(OCC34CCCN3CCC4)nc3c(F)c(-c4cccc5sccc45)ccc23)C[C@@H]1CC#N. The molecular formula is C33H33FN6O2S. The zero-order valence-electron chi connectivity index (χ0n) is 24.0. The third kappa shape index (κ3) is 4.81. The van der Waals surface area contributed by atoms with E-state index in [1.165, 1.54) is 6.08 Å². The molecule has 3 aliphatic heterocycles. The van der Waals surface area contributed by atoms with Gasteiger partial charge in [0.1, 0.15) is 17.9 Å². The lowest BCUT2D eigenvalue weighted by molar-refractivity contribution is -0.128. The van der Waals surface area contributed by atoms with E-state index in [0.717, 1.165) is 54.4 Å². The second kappa shape index (κ2) is 11.2. The van der Waals surface area contributed by atoms with E-state index in [1.54, 1.807) is 22.3 Å². The van der Waals surface area contributed by atoms with E-state index in [0.29, 0.717) is 43.0 Å². The van der Waals surface area contributed by atoms with Crippen molar-refractivity contribution in [1.82, 2.24) is 19.8 Å². The number of carbonyl (C=O) groups excluding carboxylic acids is 1. The molecule has 4 aromatic rings. The van der Waals surface area contributed by atoms with Crippen molar-refractivity contribution in [1.29, 1.82) is 5.26 Å². The quantitative estimate of drug-likeness (QED) is 0.250. The van der Waals surface area contributed by atoms with Crippen LogP contribution in [0.25, 0.3) is 32.1 Å². The molecule has 1 atom stereocenters. The molecule has 3 saturated heterocycles. The monoisotopic (exact) mass is 596 g/mol. The third-order valence-corrected chi connectivity index (χ3v) is 10.3. The highest BCUT2D eigenvalue weighted by Gasteiger charge is 2.45. The number of anilines is 1. The Balaban J connectivity index is 1.31. The Kier molecular flexibility index (Phi) is 7.23. The van der Waals surface area contributed by atoms with Crippen LogP contribution in [-0.4, -0.2) is 76.6 Å². The molecule has 2 aromatic carbocycles. The summed E-state index contributed by atoms with van der Waals surface area (Å²) in [6, 6.07) is 13.7. The van der Waals surface area contributed by atoms with Gasteiger partial charge in [-0.25, -0.2) is 4.39 Å². The lowest BCUT2D eigenvalue weighted by atomic mass is 9.95. The maximum absolute atomic E-state index is 16.6. The van der Waals surface area contributed by atoms with Crippen molar-refractivity contribution < 1.29 is 13.9 Å². The van der Waals surface area contributed by atoms with Gasteiger partial charge in [-0.15, -0.1) is 11.3 Å². The number of aromatic nitrogens is 2. The normalized spacial score (nSPS) is 20.0. The molecule has 7 rings (SSSR count). The van der Waals surface area contributed by atoms with E-state index >= 15 is 4.39 Å². The van der Waals surface area contributed by atoms with Crippen molar-refractivity contribution in [3.05, 3.63) is 60.3 Å². The van der Waals surface area contributed by atoms with Crippen LogP contribution in [0.2, 0.25) is 0 Å². The van der Waals surface area contributed by atoms with Crippen LogP contribution in [0.3, 0.4) is 0 Å². The largest absolute Gasteiger partial charge is 0.461 e. The van der Waals surface area contributed by atoms with Gasteiger partial charge in [-0.05, 0) is 74.0 Å². The third-order valence-electron chi connectivity index (χ3n) is 9.40. The molecule has 8 nitrogen and oxygen atoms in total. The second-order valence-corrected chi connectivity index (χ2v) is 12.6. The minimum Gasteiger partial charge on any atom is -0.461 e. The lowest BCUT2D eigenvalue weighted by Gasteiger charge is -2.41. The summed E-state index contributed by atoms with van der Waals surface area (Å²) in [4.78, 5) is 28.3. The first-order valence-electron chi connectivity index (χ1n) is 14.9. The number of hydrogen-bond acceptors (Lipinski definition) is 8. The van der Waals surface area contributed by atoms with E-state index in [9.17, 15) is 10.1 Å². The number of benzene rings is 2. The highest BCUT2D eigenvalue weighted by Crippen LogP contribution is 2.40. The van der Waals surface area contributed by atoms with Gasteiger partial charge in [0.25, 0.3) is 0 Å². The predicted octanol–water partition coefficient (Wildman–Crippen LogP) is 5.77. The zero-order chi connectivity index (χ0) is 29.6. The van der Waals surface area contributed by atoms with Gasteiger partial charge in [-0.1, -0.05) is 24.8 Å². The summed E-state index contributed by atoms with van der Waals surface area (Å²) in [6.07, 6.45) is 5.90.